The van der Waals surface area contributed by atoms with Gasteiger partial charge in [-0.05, 0) is 24.6 Å². The molecule has 0 fully saturated rings. The SMILES string of the molecule is Cc1cccc(Nc2c[nH]nn2)c1. The van der Waals surface area contributed by atoms with Crippen LogP contribution < -0.4 is 5.32 Å². The maximum Gasteiger partial charge on any atom is 0.172 e. The average Bonchev–Trinajstić information content (AvgIpc) is 2.57. The molecule has 0 aliphatic carbocycles. The Kier molecular flexibility index (Phi) is 1.96. The van der Waals surface area contributed by atoms with Crippen LogP contribution in [0.25, 0.3) is 0 Å². The smallest absolute Gasteiger partial charge is 0.172 e. The number of benzene rings is 1. The van der Waals surface area contributed by atoms with Crippen LogP contribution in [0.5, 0.6) is 0 Å². The van der Waals surface area contributed by atoms with Gasteiger partial charge in [0.25, 0.3) is 0 Å². The third-order valence-electron chi connectivity index (χ3n) is 1.71. The van der Waals surface area contributed by atoms with Gasteiger partial charge in [-0.1, -0.05) is 17.3 Å². The Morgan fingerprint density at radius 2 is 2.31 bits per heavy atom. The van der Waals surface area contributed by atoms with Crippen molar-refractivity contribution in [2.24, 2.45) is 0 Å². The van der Waals surface area contributed by atoms with Crippen LogP contribution in [0.15, 0.2) is 30.5 Å². The standard InChI is InChI=1S/C9H10N4/c1-7-3-2-4-8(5-7)11-9-6-10-13-12-9/h2-6H,1H3,(H2,10,11,12,13). The summed E-state index contributed by atoms with van der Waals surface area (Å²) in [6, 6.07) is 8.09. The van der Waals surface area contributed by atoms with Crippen LogP contribution >= 0.6 is 0 Å². The van der Waals surface area contributed by atoms with E-state index in [-0.39, 0.29) is 0 Å². The second-order valence-corrected chi connectivity index (χ2v) is 2.85. The fraction of sp³-hybridized carbons (Fsp3) is 0.111. The van der Waals surface area contributed by atoms with Crippen molar-refractivity contribution in [2.75, 3.05) is 5.32 Å². The fourth-order valence-corrected chi connectivity index (χ4v) is 1.13. The van der Waals surface area contributed by atoms with E-state index in [0.29, 0.717) is 0 Å². The molecule has 0 aliphatic rings. The van der Waals surface area contributed by atoms with E-state index in [4.69, 9.17) is 0 Å². The molecule has 0 radical (unpaired) electrons. The fourth-order valence-electron chi connectivity index (χ4n) is 1.13. The number of aryl methyl sites for hydroxylation is 1. The average molecular weight is 174 g/mol. The van der Waals surface area contributed by atoms with Gasteiger partial charge >= 0.3 is 0 Å². The second-order valence-electron chi connectivity index (χ2n) is 2.85. The van der Waals surface area contributed by atoms with Crippen molar-refractivity contribution in [3.63, 3.8) is 0 Å². The van der Waals surface area contributed by atoms with Gasteiger partial charge in [-0.3, -0.25) is 5.10 Å². The Hall–Kier alpha value is -1.84. The van der Waals surface area contributed by atoms with Crippen LogP contribution in [0, 0.1) is 6.92 Å². The Balaban J connectivity index is 2.19. The van der Waals surface area contributed by atoms with Gasteiger partial charge in [0.15, 0.2) is 5.82 Å². The molecule has 66 valence electrons. The van der Waals surface area contributed by atoms with E-state index in [1.807, 2.05) is 25.1 Å². The maximum absolute atomic E-state index is 3.82. The van der Waals surface area contributed by atoms with Gasteiger partial charge in [0.2, 0.25) is 0 Å². The molecule has 0 unspecified atom stereocenters. The summed E-state index contributed by atoms with van der Waals surface area (Å²) in [6.07, 6.45) is 1.71. The molecule has 2 N–H and O–H groups in total. The predicted octanol–water partition coefficient (Wildman–Crippen LogP) is 1.86. The number of nitrogens with zero attached hydrogens (tertiary/aromatic N) is 2. The summed E-state index contributed by atoms with van der Waals surface area (Å²) in [7, 11) is 0. The van der Waals surface area contributed by atoms with E-state index in [0.717, 1.165) is 11.5 Å². The minimum Gasteiger partial charge on any atom is -0.337 e. The lowest BCUT2D eigenvalue weighted by Crippen LogP contribution is -1.90. The van der Waals surface area contributed by atoms with Crippen molar-refractivity contribution in [2.45, 2.75) is 6.92 Å². The molecule has 0 saturated carbocycles. The van der Waals surface area contributed by atoms with E-state index >= 15 is 0 Å². The predicted molar refractivity (Wildman–Crippen MR) is 50.8 cm³/mol. The molecule has 4 nitrogen and oxygen atoms in total. The first-order valence-electron chi connectivity index (χ1n) is 4.05. The Morgan fingerprint density at radius 3 is 3.00 bits per heavy atom. The summed E-state index contributed by atoms with van der Waals surface area (Å²) >= 11 is 0. The highest BCUT2D eigenvalue weighted by molar-refractivity contribution is 5.55. The zero-order valence-corrected chi connectivity index (χ0v) is 7.28. The van der Waals surface area contributed by atoms with Crippen molar-refractivity contribution >= 4 is 11.5 Å². The van der Waals surface area contributed by atoms with Crippen LogP contribution in [0.2, 0.25) is 0 Å². The highest BCUT2D eigenvalue weighted by Gasteiger charge is 1.95. The minimum atomic E-state index is 0.727. The van der Waals surface area contributed by atoms with E-state index in [1.54, 1.807) is 6.20 Å². The molecule has 0 amide bonds. The lowest BCUT2D eigenvalue weighted by molar-refractivity contribution is 0.942. The summed E-state index contributed by atoms with van der Waals surface area (Å²) in [5.41, 5.74) is 2.24. The largest absolute Gasteiger partial charge is 0.337 e. The first kappa shape index (κ1) is 7.79. The van der Waals surface area contributed by atoms with Crippen LogP contribution in [0.4, 0.5) is 11.5 Å². The van der Waals surface area contributed by atoms with Gasteiger partial charge in [-0.25, -0.2) is 0 Å². The zero-order valence-electron chi connectivity index (χ0n) is 7.28. The van der Waals surface area contributed by atoms with Gasteiger partial charge in [-0.2, -0.15) is 0 Å². The number of H-pyrrole nitrogens is 1. The van der Waals surface area contributed by atoms with Crippen LogP contribution in [0.1, 0.15) is 5.56 Å². The molecule has 0 spiro atoms. The molecule has 0 saturated heterocycles. The monoisotopic (exact) mass is 174 g/mol. The number of rotatable bonds is 2. The number of hydrogen-bond donors (Lipinski definition) is 2. The van der Waals surface area contributed by atoms with Crippen molar-refractivity contribution in [1.29, 1.82) is 0 Å². The third-order valence-corrected chi connectivity index (χ3v) is 1.71. The molecule has 4 heteroatoms. The molecular weight excluding hydrogens is 164 g/mol. The van der Waals surface area contributed by atoms with E-state index in [1.165, 1.54) is 5.56 Å². The number of anilines is 2. The molecule has 0 atom stereocenters. The Morgan fingerprint density at radius 1 is 1.38 bits per heavy atom. The first-order valence-corrected chi connectivity index (χ1v) is 4.05. The summed E-state index contributed by atoms with van der Waals surface area (Å²) in [6.45, 7) is 2.05. The number of nitrogens with one attached hydrogen (secondary N) is 2. The molecule has 2 rings (SSSR count). The summed E-state index contributed by atoms with van der Waals surface area (Å²) in [5.74, 6) is 0.727. The Bertz CT molecular complexity index is 380. The molecule has 1 aromatic heterocycles. The van der Waals surface area contributed by atoms with Crippen LogP contribution in [-0.4, -0.2) is 15.4 Å². The van der Waals surface area contributed by atoms with E-state index in [2.05, 4.69) is 26.8 Å². The molecule has 13 heavy (non-hydrogen) atoms. The van der Waals surface area contributed by atoms with Crippen molar-refractivity contribution in [3.8, 4) is 0 Å². The normalized spacial score (nSPS) is 9.92. The number of aromatic amines is 1. The zero-order chi connectivity index (χ0) is 9.10. The minimum absolute atomic E-state index is 0.727. The topological polar surface area (TPSA) is 53.6 Å². The van der Waals surface area contributed by atoms with Gasteiger partial charge in [0.1, 0.15) is 0 Å². The number of hydrogen-bond acceptors (Lipinski definition) is 3. The molecule has 0 bridgehead atoms. The summed E-state index contributed by atoms with van der Waals surface area (Å²) in [4.78, 5) is 0. The van der Waals surface area contributed by atoms with Gasteiger partial charge in [-0.15, -0.1) is 5.10 Å². The van der Waals surface area contributed by atoms with Crippen molar-refractivity contribution in [1.82, 2.24) is 15.4 Å². The quantitative estimate of drug-likeness (QED) is 0.730. The van der Waals surface area contributed by atoms with Crippen LogP contribution in [-0.2, 0) is 0 Å². The van der Waals surface area contributed by atoms with Gasteiger partial charge in [0.05, 0.1) is 6.20 Å². The van der Waals surface area contributed by atoms with Gasteiger partial charge in [0, 0.05) is 5.69 Å². The molecule has 2 aromatic rings. The maximum atomic E-state index is 3.82. The molecule has 1 aromatic carbocycles. The van der Waals surface area contributed by atoms with Crippen molar-refractivity contribution < 1.29 is 0 Å². The summed E-state index contributed by atoms with van der Waals surface area (Å²) < 4.78 is 0. The highest BCUT2D eigenvalue weighted by atomic mass is 15.3. The summed E-state index contributed by atoms with van der Waals surface area (Å²) in [5, 5.41) is 13.2. The molecular formula is C9H10N4. The highest BCUT2D eigenvalue weighted by Crippen LogP contribution is 2.13. The van der Waals surface area contributed by atoms with E-state index < -0.39 is 0 Å². The van der Waals surface area contributed by atoms with Crippen LogP contribution in [0.3, 0.4) is 0 Å². The molecule has 1 heterocycles. The second kappa shape index (κ2) is 3.26. The van der Waals surface area contributed by atoms with E-state index in [9.17, 15) is 0 Å². The lowest BCUT2D eigenvalue weighted by Gasteiger charge is -2.01. The molecule has 0 aliphatic heterocycles. The number of aromatic nitrogens is 3. The lowest BCUT2D eigenvalue weighted by atomic mass is 10.2. The van der Waals surface area contributed by atoms with Gasteiger partial charge < -0.3 is 5.32 Å². The third kappa shape index (κ3) is 1.84. The Labute approximate surface area is 76.0 Å². The first-order chi connectivity index (χ1) is 6.34. The van der Waals surface area contributed by atoms with Crippen molar-refractivity contribution in [3.05, 3.63) is 36.0 Å².